The second-order valence-electron chi connectivity index (χ2n) is 8.20. The molecule has 31 heavy (non-hydrogen) atoms. The number of phenolic OH excluding ortho intramolecular Hbond substituents is 1. The van der Waals surface area contributed by atoms with Crippen molar-refractivity contribution in [1.82, 2.24) is 20.7 Å². The molecule has 0 aliphatic carbocycles. The van der Waals surface area contributed by atoms with Crippen LogP contribution in [0.15, 0.2) is 42.5 Å². The normalized spacial score (nSPS) is 19.5. The van der Waals surface area contributed by atoms with Crippen LogP contribution in [0.3, 0.4) is 0 Å². The number of aromatic hydroxyl groups is 1. The highest BCUT2D eigenvalue weighted by Crippen LogP contribution is 2.34. The molecule has 0 aromatic heterocycles. The van der Waals surface area contributed by atoms with E-state index in [4.69, 9.17) is 9.47 Å². The van der Waals surface area contributed by atoms with Crippen LogP contribution in [0, 0.1) is 0 Å². The van der Waals surface area contributed by atoms with Crippen LogP contribution in [-0.2, 0) is 11.3 Å². The summed E-state index contributed by atoms with van der Waals surface area (Å²) in [6.07, 6.45) is -0.187. The maximum atomic E-state index is 10.5. The first-order valence-corrected chi connectivity index (χ1v) is 11.1. The van der Waals surface area contributed by atoms with E-state index in [9.17, 15) is 5.11 Å². The first kappa shape index (κ1) is 23.8. The second kappa shape index (κ2) is 11.2. The van der Waals surface area contributed by atoms with Crippen molar-refractivity contribution in [1.29, 1.82) is 0 Å². The van der Waals surface area contributed by atoms with E-state index in [1.165, 1.54) is 5.56 Å². The molecule has 7 nitrogen and oxygen atoms in total. The van der Waals surface area contributed by atoms with E-state index in [2.05, 4.69) is 65.3 Å². The van der Waals surface area contributed by atoms with E-state index in [-0.39, 0.29) is 17.4 Å². The third-order valence-electron chi connectivity index (χ3n) is 5.39. The van der Waals surface area contributed by atoms with Crippen LogP contribution >= 0.6 is 12.6 Å². The summed E-state index contributed by atoms with van der Waals surface area (Å²) in [5.41, 5.74) is 9.41. The summed E-state index contributed by atoms with van der Waals surface area (Å²) in [6.45, 7) is 6.95. The van der Waals surface area contributed by atoms with Gasteiger partial charge in [-0.1, -0.05) is 32.0 Å². The lowest BCUT2D eigenvalue weighted by atomic mass is 9.99. The zero-order chi connectivity index (χ0) is 22.4. The zero-order valence-electron chi connectivity index (χ0n) is 18.7. The predicted octanol–water partition coefficient (Wildman–Crippen LogP) is 3.25. The second-order valence-corrected chi connectivity index (χ2v) is 8.69. The number of nitrogens with one attached hydrogen (secondary N) is 2. The lowest BCUT2D eigenvalue weighted by Crippen LogP contribution is -2.31. The maximum Gasteiger partial charge on any atom is 0.121 e. The quantitative estimate of drug-likeness (QED) is 0.330. The van der Waals surface area contributed by atoms with E-state index in [0.29, 0.717) is 25.8 Å². The van der Waals surface area contributed by atoms with Crippen molar-refractivity contribution < 1.29 is 14.6 Å². The van der Waals surface area contributed by atoms with Crippen molar-refractivity contribution in [2.45, 2.75) is 38.0 Å². The van der Waals surface area contributed by atoms with Gasteiger partial charge in [-0.15, -0.1) is 12.6 Å². The number of likely N-dealkylation sites (N-methyl/N-ethyl adjacent to an activating group) is 1. The molecular weight excluding hydrogens is 412 g/mol. The molecule has 1 aliphatic heterocycles. The predicted molar refractivity (Wildman–Crippen MR) is 126 cm³/mol. The van der Waals surface area contributed by atoms with Crippen molar-refractivity contribution in [3.05, 3.63) is 59.2 Å². The zero-order valence-corrected chi connectivity index (χ0v) is 19.6. The lowest BCUT2D eigenvalue weighted by Gasteiger charge is -2.27. The molecule has 2 aromatic carbocycles. The van der Waals surface area contributed by atoms with Gasteiger partial charge in [0.05, 0.1) is 6.73 Å². The number of hydrogen-bond acceptors (Lipinski definition) is 8. The van der Waals surface area contributed by atoms with Crippen molar-refractivity contribution in [3.63, 3.8) is 0 Å². The van der Waals surface area contributed by atoms with Crippen LogP contribution in [0.25, 0.3) is 0 Å². The average Bonchev–Trinajstić information content (AvgIpc) is 3.10. The summed E-state index contributed by atoms with van der Waals surface area (Å²) in [4.78, 5) is 4.22. The molecule has 0 radical (unpaired) electrons. The molecule has 1 heterocycles. The summed E-state index contributed by atoms with van der Waals surface area (Å²) in [5.74, 6) is 1.50. The van der Waals surface area contributed by atoms with Crippen LogP contribution in [0.2, 0.25) is 0 Å². The van der Waals surface area contributed by atoms with E-state index in [1.807, 2.05) is 25.2 Å². The summed E-state index contributed by atoms with van der Waals surface area (Å²) < 4.78 is 10.9. The largest absolute Gasteiger partial charge is 0.508 e. The molecule has 0 amide bonds. The molecule has 170 valence electrons. The highest BCUT2D eigenvalue weighted by molar-refractivity contribution is 7.80. The van der Waals surface area contributed by atoms with Crippen molar-refractivity contribution in [2.24, 2.45) is 0 Å². The van der Waals surface area contributed by atoms with Crippen LogP contribution in [0.4, 0.5) is 0 Å². The van der Waals surface area contributed by atoms with Gasteiger partial charge in [0.2, 0.25) is 0 Å². The Hall–Kier alpha value is -1.81. The van der Waals surface area contributed by atoms with Gasteiger partial charge in [0.15, 0.2) is 0 Å². The fourth-order valence-electron chi connectivity index (χ4n) is 3.55. The molecule has 3 rings (SSSR count). The third kappa shape index (κ3) is 6.35. The van der Waals surface area contributed by atoms with Crippen LogP contribution in [0.1, 0.15) is 42.6 Å². The van der Waals surface area contributed by atoms with E-state index in [1.54, 1.807) is 13.2 Å². The molecule has 0 spiro atoms. The fourth-order valence-corrected chi connectivity index (χ4v) is 3.84. The number of hydrogen-bond donors (Lipinski definition) is 4. The Morgan fingerprint density at radius 3 is 2.58 bits per heavy atom. The molecule has 0 saturated carbocycles. The van der Waals surface area contributed by atoms with Crippen molar-refractivity contribution in [3.8, 4) is 11.5 Å². The Kier molecular flexibility index (Phi) is 8.59. The summed E-state index contributed by atoms with van der Waals surface area (Å²) in [5, 5.41) is 10.5. The summed E-state index contributed by atoms with van der Waals surface area (Å²) >= 11 is 4.66. The van der Waals surface area contributed by atoms with Gasteiger partial charge in [0, 0.05) is 25.8 Å². The lowest BCUT2D eigenvalue weighted by molar-refractivity contribution is 0.0722. The molecule has 2 aromatic rings. The standard InChI is InChI=1S/C23H34N4O3S/c1-16(2)18-7-10-21(28)20(13-18)22-24-25-23(31)27(22)14-17-5-8-19(9-6-17)30-12-11-26(3)15-29-4/h5-10,13,16,22-25,28,31H,11-12,14-15H2,1-4H3. The van der Waals surface area contributed by atoms with Crippen LogP contribution in [0.5, 0.6) is 11.5 Å². The van der Waals surface area contributed by atoms with E-state index in [0.717, 1.165) is 23.4 Å². The molecule has 1 saturated heterocycles. The van der Waals surface area contributed by atoms with Gasteiger partial charge in [-0.2, -0.15) is 0 Å². The summed E-state index contributed by atoms with van der Waals surface area (Å²) in [6, 6.07) is 13.9. The molecular formula is C23H34N4O3S. The first-order chi connectivity index (χ1) is 14.9. The van der Waals surface area contributed by atoms with Gasteiger partial charge < -0.3 is 14.6 Å². The van der Waals surface area contributed by atoms with Crippen molar-refractivity contribution in [2.75, 3.05) is 34.0 Å². The van der Waals surface area contributed by atoms with Gasteiger partial charge in [-0.25, -0.2) is 10.9 Å². The smallest absolute Gasteiger partial charge is 0.121 e. The Balaban J connectivity index is 1.65. The number of thiol groups is 1. The van der Waals surface area contributed by atoms with E-state index < -0.39 is 0 Å². The maximum absolute atomic E-state index is 10.5. The number of phenols is 1. The highest BCUT2D eigenvalue weighted by Gasteiger charge is 2.33. The Morgan fingerprint density at radius 2 is 1.90 bits per heavy atom. The Bertz CT molecular complexity index is 834. The SMILES string of the molecule is COCN(C)CCOc1ccc(CN2C(S)NNC2c2cc(C(C)C)ccc2O)cc1. The molecule has 2 atom stereocenters. The van der Waals surface area contributed by atoms with Gasteiger partial charge in [0.25, 0.3) is 0 Å². The topological polar surface area (TPSA) is 69.2 Å². The molecule has 1 fully saturated rings. The summed E-state index contributed by atoms with van der Waals surface area (Å²) in [7, 11) is 3.68. The van der Waals surface area contributed by atoms with Crippen molar-refractivity contribution >= 4 is 12.6 Å². The van der Waals surface area contributed by atoms with E-state index >= 15 is 0 Å². The van der Waals surface area contributed by atoms with Gasteiger partial charge in [0.1, 0.15) is 29.8 Å². The molecule has 8 heteroatoms. The van der Waals surface area contributed by atoms with Crippen LogP contribution < -0.4 is 15.6 Å². The molecule has 2 unspecified atom stereocenters. The third-order valence-corrected chi connectivity index (χ3v) is 5.81. The molecule has 0 bridgehead atoms. The minimum absolute atomic E-state index is 0.181. The number of hydrazine groups is 1. The fraction of sp³-hybridized carbons (Fsp3) is 0.478. The number of rotatable bonds is 10. The van der Waals surface area contributed by atoms with Crippen LogP contribution in [-0.4, -0.2) is 54.4 Å². The highest BCUT2D eigenvalue weighted by atomic mass is 32.1. The molecule has 1 aliphatic rings. The van der Waals surface area contributed by atoms with Gasteiger partial charge >= 0.3 is 0 Å². The molecule has 3 N–H and O–H groups in total. The number of methoxy groups -OCH3 is 1. The first-order valence-electron chi connectivity index (χ1n) is 10.6. The Morgan fingerprint density at radius 1 is 1.16 bits per heavy atom. The average molecular weight is 447 g/mol. The minimum Gasteiger partial charge on any atom is -0.508 e. The monoisotopic (exact) mass is 446 g/mol. The number of ether oxygens (including phenoxy) is 2. The van der Waals surface area contributed by atoms with Gasteiger partial charge in [-0.05, 0) is 48.4 Å². The minimum atomic E-state index is -0.187. The number of benzene rings is 2. The number of nitrogens with zero attached hydrogens (tertiary/aromatic N) is 2. The Labute approximate surface area is 190 Å². The van der Waals surface area contributed by atoms with Gasteiger partial charge in [-0.3, -0.25) is 9.80 Å².